The molecule has 1 fully saturated rings. The van der Waals surface area contributed by atoms with Gasteiger partial charge in [-0.3, -0.25) is 10.1 Å². The van der Waals surface area contributed by atoms with Crippen LogP contribution in [-0.2, 0) is 0 Å². The number of para-hydroxylation sites is 1. The number of non-ortho nitro benzene ring substituents is 1. The van der Waals surface area contributed by atoms with E-state index in [1.54, 1.807) is 12.1 Å². The first-order valence-electron chi connectivity index (χ1n) is 10.9. The Balaban J connectivity index is 1.30. The van der Waals surface area contributed by atoms with Gasteiger partial charge in [0.05, 0.1) is 10.4 Å². The second kappa shape index (κ2) is 9.95. The number of benzene rings is 2. The number of nitrogens with one attached hydrogen (secondary N) is 3. The summed E-state index contributed by atoms with van der Waals surface area (Å²) in [5.41, 5.74) is 1.70. The standard InChI is InChI=1S/C23H27N7O2S/c1-29(2)21-19-5-3-4-6-20(19)27-22(28-21)24-15-7-9-16(10-8-15)25-23(33)26-17-11-13-18(14-12-17)30(31)32/h3-6,11-16H,7-10H2,1-2H3,(H,24,27,28)(H2,25,26,33)/t15-,16+. The van der Waals surface area contributed by atoms with Crippen molar-refractivity contribution >= 4 is 51.4 Å². The molecule has 10 heteroatoms. The van der Waals surface area contributed by atoms with Gasteiger partial charge in [-0.05, 0) is 62.2 Å². The van der Waals surface area contributed by atoms with Crippen molar-refractivity contribution in [2.75, 3.05) is 29.6 Å². The van der Waals surface area contributed by atoms with Crippen LogP contribution in [0.15, 0.2) is 48.5 Å². The normalized spacial score (nSPS) is 17.9. The molecule has 1 aliphatic rings. The van der Waals surface area contributed by atoms with Gasteiger partial charge in [-0.1, -0.05) is 12.1 Å². The molecule has 3 aromatic rings. The van der Waals surface area contributed by atoms with E-state index < -0.39 is 4.92 Å². The summed E-state index contributed by atoms with van der Waals surface area (Å²) in [4.78, 5) is 21.8. The Morgan fingerprint density at radius 3 is 2.36 bits per heavy atom. The van der Waals surface area contributed by atoms with E-state index in [0.29, 0.717) is 17.1 Å². The van der Waals surface area contributed by atoms with Crippen LogP contribution >= 0.6 is 12.2 Å². The Morgan fingerprint density at radius 2 is 1.70 bits per heavy atom. The Morgan fingerprint density at radius 1 is 1.03 bits per heavy atom. The van der Waals surface area contributed by atoms with Gasteiger partial charge in [0.2, 0.25) is 5.95 Å². The molecule has 33 heavy (non-hydrogen) atoms. The zero-order chi connectivity index (χ0) is 23.4. The fourth-order valence-corrected chi connectivity index (χ4v) is 4.33. The minimum Gasteiger partial charge on any atom is -0.362 e. The van der Waals surface area contributed by atoms with E-state index in [-0.39, 0.29) is 11.7 Å². The molecule has 0 radical (unpaired) electrons. The molecule has 4 rings (SSSR count). The quantitative estimate of drug-likeness (QED) is 0.279. The van der Waals surface area contributed by atoms with Crippen molar-refractivity contribution in [3.8, 4) is 0 Å². The lowest BCUT2D eigenvalue weighted by Gasteiger charge is -2.30. The number of nitrogens with zero attached hydrogens (tertiary/aromatic N) is 4. The summed E-state index contributed by atoms with van der Waals surface area (Å²) < 4.78 is 0. The van der Waals surface area contributed by atoms with Crippen molar-refractivity contribution in [1.82, 2.24) is 15.3 Å². The van der Waals surface area contributed by atoms with Crippen LogP contribution in [0, 0.1) is 10.1 Å². The van der Waals surface area contributed by atoms with Crippen molar-refractivity contribution in [2.24, 2.45) is 0 Å². The molecule has 9 nitrogen and oxygen atoms in total. The van der Waals surface area contributed by atoms with E-state index in [1.165, 1.54) is 12.1 Å². The molecule has 1 aliphatic carbocycles. The number of nitro benzene ring substituents is 1. The average molecular weight is 466 g/mol. The summed E-state index contributed by atoms with van der Waals surface area (Å²) in [6, 6.07) is 14.8. The van der Waals surface area contributed by atoms with Crippen LogP contribution in [0.2, 0.25) is 0 Å². The average Bonchev–Trinajstić information content (AvgIpc) is 2.80. The molecule has 1 saturated carbocycles. The molecule has 172 valence electrons. The maximum Gasteiger partial charge on any atom is 0.269 e. The van der Waals surface area contributed by atoms with Crippen LogP contribution in [0.3, 0.4) is 0 Å². The Bertz CT molecular complexity index is 1150. The van der Waals surface area contributed by atoms with Crippen molar-refractivity contribution in [2.45, 2.75) is 37.8 Å². The van der Waals surface area contributed by atoms with Crippen molar-refractivity contribution in [3.63, 3.8) is 0 Å². The zero-order valence-electron chi connectivity index (χ0n) is 18.6. The van der Waals surface area contributed by atoms with Gasteiger partial charge in [0.25, 0.3) is 5.69 Å². The van der Waals surface area contributed by atoms with Crippen LogP contribution < -0.4 is 20.9 Å². The first-order valence-corrected chi connectivity index (χ1v) is 11.3. The highest BCUT2D eigenvalue weighted by Crippen LogP contribution is 2.26. The van der Waals surface area contributed by atoms with Crippen LogP contribution in [0.1, 0.15) is 25.7 Å². The van der Waals surface area contributed by atoms with E-state index in [4.69, 9.17) is 22.2 Å². The largest absolute Gasteiger partial charge is 0.362 e. The first kappa shape index (κ1) is 22.7. The lowest BCUT2D eigenvalue weighted by molar-refractivity contribution is -0.384. The van der Waals surface area contributed by atoms with E-state index in [0.717, 1.165) is 48.1 Å². The summed E-state index contributed by atoms with van der Waals surface area (Å²) in [5.74, 6) is 1.56. The van der Waals surface area contributed by atoms with Crippen molar-refractivity contribution in [3.05, 3.63) is 58.6 Å². The maximum absolute atomic E-state index is 10.8. The minimum atomic E-state index is -0.420. The van der Waals surface area contributed by atoms with E-state index in [2.05, 4.69) is 16.0 Å². The third-order valence-electron chi connectivity index (χ3n) is 5.74. The summed E-state index contributed by atoms with van der Waals surface area (Å²) in [6.07, 6.45) is 3.89. The van der Waals surface area contributed by atoms with Gasteiger partial charge in [-0.25, -0.2) is 4.98 Å². The molecule has 3 N–H and O–H groups in total. The predicted molar refractivity (Wildman–Crippen MR) is 136 cm³/mol. The molecule has 1 heterocycles. The summed E-state index contributed by atoms with van der Waals surface area (Å²) in [7, 11) is 3.98. The van der Waals surface area contributed by atoms with Crippen LogP contribution in [-0.4, -0.2) is 46.2 Å². The number of hydrogen-bond acceptors (Lipinski definition) is 7. The van der Waals surface area contributed by atoms with Gasteiger partial charge in [0.1, 0.15) is 5.82 Å². The minimum absolute atomic E-state index is 0.0540. The number of rotatable bonds is 6. The maximum atomic E-state index is 10.8. The van der Waals surface area contributed by atoms with Gasteiger partial charge < -0.3 is 20.9 Å². The molecule has 0 spiro atoms. The number of anilines is 3. The molecule has 1 aromatic heterocycles. The Hall–Kier alpha value is -3.53. The smallest absolute Gasteiger partial charge is 0.269 e. The number of hydrogen-bond donors (Lipinski definition) is 3. The highest BCUT2D eigenvalue weighted by Gasteiger charge is 2.23. The van der Waals surface area contributed by atoms with Gasteiger partial charge in [0, 0.05) is 49.4 Å². The highest BCUT2D eigenvalue weighted by atomic mass is 32.1. The Labute approximate surface area is 197 Å². The molecule has 0 amide bonds. The summed E-state index contributed by atoms with van der Waals surface area (Å²) in [5, 5.41) is 22.3. The van der Waals surface area contributed by atoms with E-state index >= 15 is 0 Å². The lowest BCUT2D eigenvalue weighted by atomic mass is 9.91. The molecule has 0 bridgehead atoms. The summed E-state index contributed by atoms with van der Waals surface area (Å²) >= 11 is 5.42. The van der Waals surface area contributed by atoms with Crippen molar-refractivity contribution < 1.29 is 4.92 Å². The van der Waals surface area contributed by atoms with E-state index in [1.807, 2.05) is 43.3 Å². The molecular formula is C23H27N7O2S. The second-order valence-corrected chi connectivity index (χ2v) is 8.79. The van der Waals surface area contributed by atoms with Gasteiger partial charge in [-0.2, -0.15) is 4.98 Å². The monoisotopic (exact) mass is 465 g/mol. The number of fused-ring (bicyclic) bond motifs is 1. The molecule has 0 saturated heterocycles. The molecule has 2 aromatic carbocycles. The topological polar surface area (TPSA) is 108 Å². The van der Waals surface area contributed by atoms with Crippen LogP contribution in [0.25, 0.3) is 10.9 Å². The third-order valence-corrected chi connectivity index (χ3v) is 5.96. The predicted octanol–water partition coefficient (Wildman–Crippen LogP) is 4.31. The second-order valence-electron chi connectivity index (χ2n) is 8.38. The fourth-order valence-electron chi connectivity index (χ4n) is 4.05. The first-order chi connectivity index (χ1) is 15.9. The van der Waals surface area contributed by atoms with E-state index in [9.17, 15) is 10.1 Å². The number of aromatic nitrogens is 2. The van der Waals surface area contributed by atoms with Crippen molar-refractivity contribution in [1.29, 1.82) is 0 Å². The fraction of sp³-hybridized carbons (Fsp3) is 0.348. The lowest BCUT2D eigenvalue weighted by Crippen LogP contribution is -2.42. The highest BCUT2D eigenvalue weighted by molar-refractivity contribution is 7.80. The molecule has 0 atom stereocenters. The molecule has 0 unspecified atom stereocenters. The van der Waals surface area contributed by atoms with Gasteiger partial charge in [0.15, 0.2) is 5.11 Å². The molecular weight excluding hydrogens is 438 g/mol. The molecule has 0 aliphatic heterocycles. The Kier molecular flexibility index (Phi) is 6.83. The van der Waals surface area contributed by atoms with Gasteiger partial charge in [-0.15, -0.1) is 0 Å². The third kappa shape index (κ3) is 5.64. The van der Waals surface area contributed by atoms with Gasteiger partial charge >= 0.3 is 0 Å². The van der Waals surface area contributed by atoms with Crippen LogP contribution in [0.5, 0.6) is 0 Å². The van der Waals surface area contributed by atoms with Crippen LogP contribution in [0.4, 0.5) is 23.1 Å². The number of thiocarbonyl (C=S) groups is 1. The number of nitro groups is 1. The summed E-state index contributed by atoms with van der Waals surface area (Å²) in [6.45, 7) is 0. The SMILES string of the molecule is CN(C)c1nc(N[C@H]2CC[C@@H](NC(=S)Nc3ccc([N+](=O)[O-])cc3)CC2)nc2ccccc12. The zero-order valence-corrected chi connectivity index (χ0v) is 19.4.